The lowest BCUT2D eigenvalue weighted by molar-refractivity contribution is -0.525. The van der Waals surface area contributed by atoms with Crippen molar-refractivity contribution in [2.45, 2.75) is 51.1 Å². The summed E-state index contributed by atoms with van der Waals surface area (Å²) in [6.07, 6.45) is 3.04. The molecule has 1 aliphatic heterocycles. The van der Waals surface area contributed by atoms with Crippen LogP contribution in [0.5, 0.6) is 0 Å². The number of carbonyl (C=O) groups excluding carboxylic acids is 2. The van der Waals surface area contributed by atoms with E-state index in [2.05, 4.69) is 20.9 Å². The number of nitro groups is 1. The van der Waals surface area contributed by atoms with E-state index in [1.165, 1.54) is 0 Å². The van der Waals surface area contributed by atoms with E-state index >= 15 is 0 Å². The van der Waals surface area contributed by atoms with Crippen LogP contribution in [0.2, 0.25) is 0 Å². The van der Waals surface area contributed by atoms with Gasteiger partial charge >= 0.3 is 0 Å². The fraction of sp³-hybridized carbons (Fsp3) is 0.526. The second-order valence-electron chi connectivity index (χ2n) is 7.26. The van der Waals surface area contributed by atoms with E-state index in [9.17, 15) is 19.7 Å². The van der Waals surface area contributed by atoms with Crippen molar-refractivity contribution in [3.63, 3.8) is 0 Å². The summed E-state index contributed by atoms with van der Waals surface area (Å²) in [6.45, 7) is 2.89. The molecule has 2 rings (SSSR count). The highest BCUT2D eigenvalue weighted by Crippen LogP contribution is 2.13. The number of benzene rings is 1. The van der Waals surface area contributed by atoms with E-state index < -0.39 is 5.03 Å². The Morgan fingerprint density at radius 2 is 1.97 bits per heavy atom. The van der Waals surface area contributed by atoms with Gasteiger partial charge in [-0.05, 0) is 38.3 Å². The average molecular weight is 456 g/mol. The Morgan fingerprint density at radius 1 is 1.26 bits per heavy atom. The zero-order chi connectivity index (χ0) is 21.9. The van der Waals surface area contributed by atoms with Crippen molar-refractivity contribution in [1.82, 2.24) is 16.1 Å². The zero-order valence-electron chi connectivity index (χ0n) is 17.4. The van der Waals surface area contributed by atoms with E-state index in [0.29, 0.717) is 38.8 Å². The topological polar surface area (TPSA) is 164 Å². The SMILES string of the molecule is Cc1ccc(NC(=O)[C@@H]2C[C@H](NC(=O)CCCCCN=C(N)N[N+](=O)[O-])CN2)cc1.Cl. The van der Waals surface area contributed by atoms with Crippen LogP contribution in [-0.2, 0) is 9.59 Å². The lowest BCUT2D eigenvalue weighted by Crippen LogP contribution is -2.36. The third-order valence-electron chi connectivity index (χ3n) is 4.68. The number of nitrogens with two attached hydrogens (primary N) is 1. The Hall–Kier alpha value is -2.92. The summed E-state index contributed by atoms with van der Waals surface area (Å²) in [5, 5.41) is 18.4. The molecular formula is C19H30ClN7O4. The average Bonchev–Trinajstić information content (AvgIpc) is 3.14. The van der Waals surface area contributed by atoms with Gasteiger partial charge in [0.05, 0.1) is 6.04 Å². The molecule has 2 amide bonds. The van der Waals surface area contributed by atoms with Crippen LogP contribution < -0.4 is 27.1 Å². The molecule has 1 heterocycles. The molecule has 0 aromatic heterocycles. The number of hydrogen-bond acceptors (Lipinski definition) is 6. The smallest absolute Gasteiger partial charge is 0.251 e. The Labute approximate surface area is 187 Å². The Morgan fingerprint density at radius 3 is 2.65 bits per heavy atom. The van der Waals surface area contributed by atoms with Crippen LogP contribution in [0, 0.1) is 17.0 Å². The largest absolute Gasteiger partial charge is 0.365 e. The monoisotopic (exact) mass is 455 g/mol. The first-order valence-corrected chi connectivity index (χ1v) is 9.94. The first-order valence-electron chi connectivity index (χ1n) is 9.94. The number of unbranched alkanes of at least 4 members (excludes halogenated alkanes) is 2. The number of amides is 2. The van der Waals surface area contributed by atoms with Crippen molar-refractivity contribution < 1.29 is 14.6 Å². The van der Waals surface area contributed by atoms with Crippen molar-refractivity contribution in [2.24, 2.45) is 10.7 Å². The first kappa shape index (κ1) is 26.1. The third-order valence-corrected chi connectivity index (χ3v) is 4.68. The van der Waals surface area contributed by atoms with Gasteiger partial charge in [-0.1, -0.05) is 29.5 Å². The number of guanidine groups is 1. The van der Waals surface area contributed by atoms with Gasteiger partial charge in [-0.25, -0.2) is 15.1 Å². The summed E-state index contributed by atoms with van der Waals surface area (Å²) in [4.78, 5) is 38.4. The third kappa shape index (κ3) is 10.1. The summed E-state index contributed by atoms with van der Waals surface area (Å²) in [7, 11) is 0. The predicted molar refractivity (Wildman–Crippen MR) is 120 cm³/mol. The van der Waals surface area contributed by atoms with Crippen LogP contribution >= 0.6 is 12.4 Å². The lowest BCUT2D eigenvalue weighted by atomic mass is 10.1. The van der Waals surface area contributed by atoms with Crippen molar-refractivity contribution in [3.05, 3.63) is 39.9 Å². The van der Waals surface area contributed by atoms with Gasteiger partial charge in [0.15, 0.2) is 5.03 Å². The Bertz CT molecular complexity index is 773. The minimum absolute atomic E-state index is 0. The molecule has 0 spiro atoms. The molecule has 172 valence electrons. The standard InChI is InChI=1S/C19H29N7O4.ClH/c1-13-6-8-14(9-7-13)24-18(28)16-11-15(12-22-16)23-17(27)5-3-2-4-10-21-19(20)25-26(29)30;/h6-9,15-16,22H,2-5,10-12H2,1H3,(H,23,27)(H,24,28)(H3,20,21,25);1H/t15-,16-;/m0./s1. The predicted octanol–water partition coefficient (Wildman–Crippen LogP) is 0.858. The maximum atomic E-state index is 12.4. The molecule has 12 heteroatoms. The molecule has 2 atom stereocenters. The molecule has 0 bridgehead atoms. The van der Waals surface area contributed by atoms with Crippen LogP contribution in [0.4, 0.5) is 5.69 Å². The minimum atomic E-state index is -0.766. The molecular weight excluding hydrogens is 426 g/mol. The first-order chi connectivity index (χ1) is 14.3. The number of aliphatic imine (C=N–C) groups is 1. The number of nitrogens with zero attached hydrogens (tertiary/aromatic N) is 2. The number of carbonyl (C=O) groups is 2. The van der Waals surface area contributed by atoms with Gasteiger partial charge in [0.1, 0.15) is 0 Å². The van der Waals surface area contributed by atoms with Crippen molar-refractivity contribution in [1.29, 1.82) is 0 Å². The summed E-state index contributed by atoms with van der Waals surface area (Å²) in [5.41, 5.74) is 8.95. The molecule has 1 aromatic rings. The highest BCUT2D eigenvalue weighted by atomic mass is 35.5. The number of rotatable bonds is 10. The molecule has 0 saturated carbocycles. The van der Waals surface area contributed by atoms with Crippen LogP contribution in [0.3, 0.4) is 0 Å². The number of aryl methyl sites for hydroxylation is 1. The summed E-state index contributed by atoms with van der Waals surface area (Å²) in [6, 6.07) is 7.17. The molecule has 11 nitrogen and oxygen atoms in total. The molecule has 1 saturated heterocycles. The van der Waals surface area contributed by atoms with Gasteiger partial charge in [-0.3, -0.25) is 9.59 Å². The van der Waals surface area contributed by atoms with Crippen LogP contribution in [0.1, 0.15) is 37.7 Å². The molecule has 0 unspecified atom stereocenters. The fourth-order valence-corrected chi connectivity index (χ4v) is 3.11. The van der Waals surface area contributed by atoms with Crippen molar-refractivity contribution in [2.75, 3.05) is 18.4 Å². The van der Waals surface area contributed by atoms with E-state index in [1.54, 1.807) is 5.43 Å². The molecule has 31 heavy (non-hydrogen) atoms. The molecule has 0 radical (unpaired) electrons. The van der Waals surface area contributed by atoms with E-state index in [-0.39, 0.29) is 42.3 Å². The zero-order valence-corrected chi connectivity index (χ0v) is 18.2. The number of nitrogens with one attached hydrogen (secondary N) is 4. The van der Waals surface area contributed by atoms with E-state index in [1.807, 2.05) is 31.2 Å². The van der Waals surface area contributed by atoms with Crippen LogP contribution in [-0.4, -0.2) is 48.0 Å². The number of hydrazine groups is 1. The lowest BCUT2D eigenvalue weighted by Gasteiger charge is -2.13. The summed E-state index contributed by atoms with van der Waals surface area (Å²) in [5.74, 6) is -0.395. The second-order valence-corrected chi connectivity index (χ2v) is 7.26. The molecule has 1 fully saturated rings. The Kier molecular flexibility index (Phi) is 11.3. The molecule has 1 aliphatic rings. The van der Waals surface area contributed by atoms with Crippen molar-refractivity contribution >= 4 is 35.9 Å². The molecule has 0 aliphatic carbocycles. The normalized spacial score (nSPS) is 18.0. The van der Waals surface area contributed by atoms with Gasteiger partial charge in [-0.15, -0.1) is 12.4 Å². The quantitative estimate of drug-likeness (QED) is 0.115. The van der Waals surface area contributed by atoms with Crippen LogP contribution in [0.15, 0.2) is 29.3 Å². The number of anilines is 1. The van der Waals surface area contributed by atoms with Gasteiger partial charge in [0, 0.05) is 31.2 Å². The van der Waals surface area contributed by atoms with Gasteiger partial charge in [0.2, 0.25) is 11.8 Å². The van der Waals surface area contributed by atoms with E-state index in [0.717, 1.165) is 17.7 Å². The second kappa shape index (κ2) is 13.4. The van der Waals surface area contributed by atoms with Crippen molar-refractivity contribution in [3.8, 4) is 0 Å². The van der Waals surface area contributed by atoms with Crippen LogP contribution in [0.25, 0.3) is 0 Å². The summed E-state index contributed by atoms with van der Waals surface area (Å²) >= 11 is 0. The van der Waals surface area contributed by atoms with Gasteiger partial charge < -0.3 is 21.7 Å². The maximum Gasteiger partial charge on any atom is 0.251 e. The van der Waals surface area contributed by atoms with Gasteiger partial charge in [-0.2, -0.15) is 0 Å². The molecule has 6 N–H and O–H groups in total. The minimum Gasteiger partial charge on any atom is -0.365 e. The number of halogens is 1. The van der Waals surface area contributed by atoms with E-state index in [4.69, 9.17) is 5.73 Å². The fourth-order valence-electron chi connectivity index (χ4n) is 3.11. The molecule has 1 aromatic carbocycles. The number of hydrogen-bond donors (Lipinski definition) is 5. The maximum absolute atomic E-state index is 12.4. The highest BCUT2D eigenvalue weighted by molar-refractivity contribution is 5.95. The highest BCUT2D eigenvalue weighted by Gasteiger charge is 2.30. The van der Waals surface area contributed by atoms with Gasteiger partial charge in [0.25, 0.3) is 5.96 Å². The Balaban J connectivity index is 0.00000480. The summed E-state index contributed by atoms with van der Waals surface area (Å²) < 4.78 is 0.